The Morgan fingerprint density at radius 2 is 2.05 bits per heavy atom. The number of carbonyl (C=O) groups excluding carboxylic acids is 1. The molecule has 4 rings (SSSR count). The molecule has 0 bridgehead atoms. The Morgan fingerprint density at radius 1 is 1.23 bits per heavy atom. The first-order valence-corrected chi connectivity index (χ1v) is 7.86. The molecule has 0 spiro atoms. The van der Waals surface area contributed by atoms with Crippen LogP contribution in [0.5, 0.6) is 11.5 Å². The predicted octanol–water partition coefficient (Wildman–Crippen LogP) is 1.78. The second kappa shape index (κ2) is 4.86. The summed E-state index contributed by atoms with van der Waals surface area (Å²) < 4.78 is 11.4. The molecule has 2 aliphatic heterocycles. The highest BCUT2D eigenvalue weighted by Gasteiger charge is 2.42. The van der Waals surface area contributed by atoms with Gasteiger partial charge >= 0.3 is 0 Å². The monoisotopic (exact) mass is 303 g/mol. The standard InChI is InChI=1S/C16H21N3O3/c1-16(2)21-12-7-6-9(8-13(12)22-16)17-15(20)14-10-4-3-5-11(10)18-19-14/h6-8,10-11,14,18-19H,3-5H2,1-2H3,(H,17,20). The number of rotatable bonds is 2. The maximum atomic E-state index is 12.5. The van der Waals surface area contributed by atoms with Gasteiger partial charge in [-0.25, -0.2) is 5.43 Å². The SMILES string of the molecule is CC1(C)Oc2ccc(NC(=O)C3NNC4CCCC43)cc2O1. The van der Waals surface area contributed by atoms with Gasteiger partial charge in [0.05, 0.1) is 0 Å². The minimum atomic E-state index is -0.654. The minimum Gasteiger partial charge on any atom is -0.449 e. The van der Waals surface area contributed by atoms with E-state index in [1.165, 1.54) is 6.42 Å². The van der Waals surface area contributed by atoms with Gasteiger partial charge in [-0.05, 0) is 25.0 Å². The third-order valence-corrected chi connectivity index (χ3v) is 4.63. The smallest absolute Gasteiger partial charge is 0.246 e. The molecular formula is C16H21N3O3. The van der Waals surface area contributed by atoms with Gasteiger partial charge < -0.3 is 14.8 Å². The third-order valence-electron chi connectivity index (χ3n) is 4.63. The third kappa shape index (κ3) is 2.32. The van der Waals surface area contributed by atoms with Gasteiger partial charge in [0.2, 0.25) is 11.7 Å². The van der Waals surface area contributed by atoms with Crippen LogP contribution in [0.4, 0.5) is 5.69 Å². The molecule has 1 aromatic carbocycles. The summed E-state index contributed by atoms with van der Waals surface area (Å²) in [5.74, 6) is 1.10. The number of fused-ring (bicyclic) bond motifs is 2. The molecule has 3 atom stereocenters. The Labute approximate surface area is 129 Å². The zero-order chi connectivity index (χ0) is 15.3. The van der Waals surface area contributed by atoms with Crippen molar-refractivity contribution in [3.05, 3.63) is 18.2 Å². The van der Waals surface area contributed by atoms with Gasteiger partial charge in [0, 0.05) is 37.6 Å². The van der Waals surface area contributed by atoms with Crippen molar-refractivity contribution in [2.45, 2.75) is 51.0 Å². The van der Waals surface area contributed by atoms with Gasteiger partial charge in [-0.1, -0.05) is 6.42 Å². The lowest BCUT2D eigenvalue weighted by atomic mass is 9.96. The fraction of sp³-hybridized carbons (Fsp3) is 0.562. The summed E-state index contributed by atoms with van der Waals surface area (Å²) in [4.78, 5) is 12.5. The molecule has 3 unspecified atom stereocenters. The van der Waals surface area contributed by atoms with Crippen molar-refractivity contribution in [1.29, 1.82) is 0 Å². The number of hydrogen-bond acceptors (Lipinski definition) is 5. The van der Waals surface area contributed by atoms with Crippen LogP contribution in [0.2, 0.25) is 0 Å². The fourth-order valence-corrected chi connectivity index (χ4v) is 3.65. The van der Waals surface area contributed by atoms with Crippen molar-refractivity contribution < 1.29 is 14.3 Å². The van der Waals surface area contributed by atoms with Crippen molar-refractivity contribution in [1.82, 2.24) is 10.9 Å². The van der Waals surface area contributed by atoms with E-state index in [-0.39, 0.29) is 11.9 Å². The number of anilines is 1. The summed E-state index contributed by atoms with van der Waals surface area (Å²) >= 11 is 0. The average molecular weight is 303 g/mol. The fourth-order valence-electron chi connectivity index (χ4n) is 3.65. The molecule has 22 heavy (non-hydrogen) atoms. The summed E-state index contributed by atoms with van der Waals surface area (Å²) in [6, 6.07) is 5.74. The molecule has 6 nitrogen and oxygen atoms in total. The van der Waals surface area contributed by atoms with Crippen LogP contribution in [0.25, 0.3) is 0 Å². The van der Waals surface area contributed by atoms with Gasteiger partial charge in [0.15, 0.2) is 11.5 Å². The highest BCUT2D eigenvalue weighted by molar-refractivity contribution is 5.95. The molecule has 6 heteroatoms. The molecule has 118 valence electrons. The maximum absolute atomic E-state index is 12.5. The number of ether oxygens (including phenoxy) is 2. The van der Waals surface area contributed by atoms with E-state index in [2.05, 4.69) is 16.2 Å². The Hall–Kier alpha value is -1.79. The first kappa shape index (κ1) is 13.8. The second-order valence-electron chi connectivity index (χ2n) is 6.72. The number of nitrogens with one attached hydrogen (secondary N) is 3. The Bertz CT molecular complexity index is 617. The molecular weight excluding hydrogens is 282 g/mol. The molecule has 0 radical (unpaired) electrons. The quantitative estimate of drug-likeness (QED) is 0.777. The van der Waals surface area contributed by atoms with Gasteiger partial charge in [0.1, 0.15) is 6.04 Å². The van der Waals surface area contributed by atoms with E-state index >= 15 is 0 Å². The molecule has 1 saturated heterocycles. The average Bonchev–Trinajstić information content (AvgIpc) is 3.09. The number of benzene rings is 1. The van der Waals surface area contributed by atoms with Crippen LogP contribution in [-0.4, -0.2) is 23.8 Å². The topological polar surface area (TPSA) is 71.6 Å². The summed E-state index contributed by atoms with van der Waals surface area (Å²) in [6.07, 6.45) is 3.42. The van der Waals surface area contributed by atoms with Crippen molar-refractivity contribution in [3.8, 4) is 11.5 Å². The van der Waals surface area contributed by atoms with Crippen LogP contribution in [0, 0.1) is 5.92 Å². The number of carbonyl (C=O) groups is 1. The predicted molar refractivity (Wildman–Crippen MR) is 81.6 cm³/mol. The number of hydrogen-bond donors (Lipinski definition) is 3. The molecule has 0 aromatic heterocycles. The van der Waals surface area contributed by atoms with Crippen LogP contribution in [0.15, 0.2) is 18.2 Å². The van der Waals surface area contributed by atoms with Crippen LogP contribution < -0.4 is 25.6 Å². The largest absolute Gasteiger partial charge is 0.449 e. The maximum Gasteiger partial charge on any atom is 0.246 e. The Kier molecular flexibility index (Phi) is 3.06. The molecule has 1 aliphatic carbocycles. The minimum absolute atomic E-state index is 0.0000236. The van der Waals surface area contributed by atoms with Crippen molar-refractivity contribution >= 4 is 11.6 Å². The lowest BCUT2D eigenvalue weighted by molar-refractivity contribution is -0.118. The molecule has 1 saturated carbocycles. The van der Waals surface area contributed by atoms with Gasteiger partial charge in [-0.15, -0.1) is 0 Å². The van der Waals surface area contributed by atoms with E-state index in [1.807, 2.05) is 32.0 Å². The van der Waals surface area contributed by atoms with E-state index in [0.717, 1.165) is 18.5 Å². The van der Waals surface area contributed by atoms with Crippen molar-refractivity contribution in [2.75, 3.05) is 5.32 Å². The van der Waals surface area contributed by atoms with Gasteiger partial charge in [0.25, 0.3) is 0 Å². The zero-order valence-corrected chi connectivity index (χ0v) is 12.8. The van der Waals surface area contributed by atoms with E-state index in [9.17, 15) is 4.79 Å². The molecule has 1 aromatic rings. The number of amides is 1. The molecule has 2 heterocycles. The van der Waals surface area contributed by atoms with Crippen LogP contribution >= 0.6 is 0 Å². The van der Waals surface area contributed by atoms with Crippen LogP contribution in [0.3, 0.4) is 0 Å². The molecule has 3 aliphatic rings. The first-order chi connectivity index (χ1) is 10.5. The van der Waals surface area contributed by atoms with E-state index in [4.69, 9.17) is 9.47 Å². The first-order valence-electron chi connectivity index (χ1n) is 7.86. The van der Waals surface area contributed by atoms with E-state index in [1.54, 1.807) is 0 Å². The Balaban J connectivity index is 1.47. The van der Waals surface area contributed by atoms with Gasteiger partial charge in [-0.2, -0.15) is 0 Å². The summed E-state index contributed by atoms with van der Waals surface area (Å²) in [5.41, 5.74) is 7.09. The Morgan fingerprint density at radius 3 is 2.91 bits per heavy atom. The number of hydrazine groups is 1. The van der Waals surface area contributed by atoms with E-state index < -0.39 is 5.79 Å². The normalized spacial score (nSPS) is 31.1. The summed E-state index contributed by atoms with van der Waals surface area (Å²) in [7, 11) is 0. The zero-order valence-electron chi connectivity index (χ0n) is 12.8. The van der Waals surface area contributed by atoms with E-state index in [0.29, 0.717) is 23.5 Å². The lowest BCUT2D eigenvalue weighted by Crippen LogP contribution is -2.42. The summed E-state index contributed by atoms with van der Waals surface area (Å²) in [6.45, 7) is 3.72. The van der Waals surface area contributed by atoms with Crippen LogP contribution in [0.1, 0.15) is 33.1 Å². The van der Waals surface area contributed by atoms with Crippen molar-refractivity contribution in [3.63, 3.8) is 0 Å². The highest BCUT2D eigenvalue weighted by atomic mass is 16.7. The van der Waals surface area contributed by atoms with Gasteiger partial charge in [-0.3, -0.25) is 10.2 Å². The molecule has 3 N–H and O–H groups in total. The lowest BCUT2D eigenvalue weighted by Gasteiger charge is -2.16. The molecule has 1 amide bonds. The highest BCUT2D eigenvalue weighted by Crippen LogP contribution is 2.40. The van der Waals surface area contributed by atoms with Crippen LogP contribution in [-0.2, 0) is 4.79 Å². The molecule has 2 fully saturated rings. The summed E-state index contributed by atoms with van der Waals surface area (Å²) in [5, 5.41) is 2.98. The second-order valence-corrected chi connectivity index (χ2v) is 6.72. The van der Waals surface area contributed by atoms with Crippen molar-refractivity contribution in [2.24, 2.45) is 5.92 Å².